The van der Waals surface area contributed by atoms with Crippen LogP contribution >= 0.6 is 0 Å². The van der Waals surface area contributed by atoms with Gasteiger partial charge in [0.1, 0.15) is 22.8 Å². The molecule has 7 nitrogen and oxygen atoms in total. The lowest BCUT2D eigenvalue weighted by Gasteiger charge is -2.28. The molecule has 0 amide bonds. The summed E-state index contributed by atoms with van der Waals surface area (Å²) >= 11 is 0. The Hall–Kier alpha value is -2.67. The molecule has 3 aromatic rings. The van der Waals surface area contributed by atoms with Crippen molar-refractivity contribution >= 4 is 11.1 Å². The molecule has 0 atom stereocenters. The highest BCUT2D eigenvalue weighted by atomic mass is 16.5. The van der Waals surface area contributed by atoms with Crippen molar-refractivity contribution in [2.75, 3.05) is 13.7 Å². The van der Waals surface area contributed by atoms with Gasteiger partial charge in [0.25, 0.3) is 11.1 Å². The molecule has 0 saturated heterocycles. The fourth-order valence-electron chi connectivity index (χ4n) is 4.44. The topological polar surface area (TPSA) is 73.4 Å². The number of hydrogen-bond donors (Lipinski definition) is 0. The van der Waals surface area contributed by atoms with Gasteiger partial charge in [0.2, 0.25) is 0 Å². The minimum atomic E-state index is -0.0964. The highest BCUT2D eigenvalue weighted by Gasteiger charge is 2.28. The molecular weight excluding hydrogens is 356 g/mol. The van der Waals surface area contributed by atoms with E-state index in [2.05, 4.69) is 22.2 Å². The maximum absolute atomic E-state index is 12.9. The normalized spacial score (nSPS) is 17.9. The lowest BCUT2D eigenvalue weighted by molar-refractivity contribution is 0.204. The quantitative estimate of drug-likeness (QED) is 0.693. The zero-order valence-corrected chi connectivity index (χ0v) is 16.1. The summed E-state index contributed by atoms with van der Waals surface area (Å²) in [5, 5.41) is 4.24. The Bertz CT molecular complexity index is 1050. The highest BCUT2D eigenvalue weighted by Crippen LogP contribution is 2.36. The average Bonchev–Trinajstić information content (AvgIpc) is 3.38. The number of nitrogens with zero attached hydrogens (tertiary/aromatic N) is 4. The van der Waals surface area contributed by atoms with Crippen LogP contribution in [-0.2, 0) is 19.6 Å². The summed E-state index contributed by atoms with van der Waals surface area (Å²) < 4.78 is 12.4. The van der Waals surface area contributed by atoms with Gasteiger partial charge in [-0.15, -0.1) is 0 Å². The fraction of sp³-hybridized carbons (Fsp3) is 0.476. The van der Waals surface area contributed by atoms with Gasteiger partial charge in [-0.05, 0) is 30.5 Å². The first kappa shape index (κ1) is 17.4. The lowest BCUT2D eigenvalue weighted by atomic mass is 10.0. The Kier molecular flexibility index (Phi) is 4.39. The van der Waals surface area contributed by atoms with Crippen LogP contribution in [0, 0.1) is 0 Å². The average molecular weight is 380 g/mol. The third kappa shape index (κ3) is 2.99. The molecule has 146 valence electrons. The summed E-state index contributed by atoms with van der Waals surface area (Å²) in [6.45, 7) is 2.88. The molecule has 28 heavy (non-hydrogen) atoms. The molecule has 0 spiro atoms. The van der Waals surface area contributed by atoms with Crippen molar-refractivity contribution in [1.29, 1.82) is 0 Å². The van der Waals surface area contributed by atoms with Crippen molar-refractivity contribution in [2.45, 2.75) is 51.2 Å². The van der Waals surface area contributed by atoms with Gasteiger partial charge < -0.3 is 9.26 Å². The maximum atomic E-state index is 12.9. The van der Waals surface area contributed by atoms with Crippen molar-refractivity contribution in [1.82, 2.24) is 19.6 Å². The lowest BCUT2D eigenvalue weighted by Crippen LogP contribution is -2.39. The van der Waals surface area contributed by atoms with Crippen LogP contribution in [-0.4, -0.2) is 33.3 Å². The third-order valence-electron chi connectivity index (χ3n) is 6.00. The van der Waals surface area contributed by atoms with E-state index in [1.807, 2.05) is 12.1 Å². The van der Waals surface area contributed by atoms with Crippen molar-refractivity contribution < 1.29 is 9.26 Å². The van der Waals surface area contributed by atoms with Gasteiger partial charge in [-0.3, -0.25) is 14.3 Å². The predicted molar refractivity (Wildman–Crippen MR) is 104 cm³/mol. The van der Waals surface area contributed by atoms with Crippen molar-refractivity contribution in [3.8, 4) is 5.75 Å². The third-order valence-corrected chi connectivity index (χ3v) is 6.00. The summed E-state index contributed by atoms with van der Waals surface area (Å²) in [5.41, 5.74) is 2.99. The van der Waals surface area contributed by atoms with Gasteiger partial charge in [-0.25, -0.2) is 4.98 Å². The van der Waals surface area contributed by atoms with E-state index in [0.29, 0.717) is 30.1 Å². The number of benzene rings is 1. The molecule has 0 bridgehead atoms. The molecule has 7 heteroatoms. The zero-order valence-electron chi connectivity index (χ0n) is 16.1. The van der Waals surface area contributed by atoms with Crippen molar-refractivity contribution in [3.63, 3.8) is 0 Å². The first-order valence-electron chi connectivity index (χ1n) is 9.97. The second-order valence-corrected chi connectivity index (χ2v) is 7.77. The van der Waals surface area contributed by atoms with E-state index in [9.17, 15) is 4.79 Å². The largest absolute Gasteiger partial charge is 0.497 e. The number of fused-ring (bicyclic) bond motifs is 2. The fourth-order valence-corrected chi connectivity index (χ4v) is 4.44. The molecule has 2 aliphatic rings. The van der Waals surface area contributed by atoms with Crippen LogP contribution in [0.1, 0.15) is 48.7 Å². The Morgan fingerprint density at radius 3 is 2.71 bits per heavy atom. The van der Waals surface area contributed by atoms with Crippen molar-refractivity contribution in [3.05, 3.63) is 51.7 Å². The first-order chi connectivity index (χ1) is 13.7. The molecule has 1 fully saturated rings. The van der Waals surface area contributed by atoms with Gasteiger partial charge in [0, 0.05) is 25.6 Å². The number of methoxy groups -OCH3 is 1. The zero-order chi connectivity index (χ0) is 19.1. The Morgan fingerprint density at radius 1 is 1.18 bits per heavy atom. The first-order valence-corrected chi connectivity index (χ1v) is 9.97. The molecular formula is C21H24N4O3. The molecule has 1 aliphatic carbocycles. The van der Waals surface area contributed by atoms with Crippen molar-refractivity contribution in [2.24, 2.45) is 0 Å². The Morgan fingerprint density at radius 2 is 1.96 bits per heavy atom. The van der Waals surface area contributed by atoms with Crippen LogP contribution in [0.2, 0.25) is 0 Å². The molecule has 1 saturated carbocycles. The van der Waals surface area contributed by atoms with Crippen LogP contribution in [0.4, 0.5) is 0 Å². The summed E-state index contributed by atoms with van der Waals surface area (Å²) in [4.78, 5) is 20.1. The van der Waals surface area contributed by atoms with E-state index >= 15 is 0 Å². The SMILES string of the molecule is COc1ccc(CN2CCn3c(nc4c(C5CCCC5)noc4c3=O)C2)cc1. The van der Waals surface area contributed by atoms with Crippen LogP contribution in [0.25, 0.3) is 11.1 Å². The second-order valence-electron chi connectivity index (χ2n) is 7.77. The van der Waals surface area contributed by atoms with Crippen LogP contribution < -0.4 is 10.3 Å². The highest BCUT2D eigenvalue weighted by molar-refractivity contribution is 5.74. The van der Waals surface area contributed by atoms with E-state index in [4.69, 9.17) is 14.2 Å². The Balaban J connectivity index is 1.43. The van der Waals surface area contributed by atoms with E-state index in [1.54, 1.807) is 11.7 Å². The van der Waals surface area contributed by atoms with Gasteiger partial charge in [-0.1, -0.05) is 30.1 Å². The standard InChI is InChI=1S/C21H24N4O3/c1-27-16-8-6-14(7-9-16)12-24-10-11-25-17(13-24)22-19-18(15-4-2-3-5-15)23-28-20(19)21(25)26/h6-9,15H,2-5,10-13H2,1H3. The number of aromatic nitrogens is 3. The van der Waals surface area contributed by atoms with E-state index in [-0.39, 0.29) is 5.56 Å². The molecule has 5 rings (SSSR count). The van der Waals surface area contributed by atoms with E-state index in [1.165, 1.54) is 18.4 Å². The number of rotatable bonds is 4. The van der Waals surface area contributed by atoms with E-state index < -0.39 is 0 Å². The number of hydrogen-bond acceptors (Lipinski definition) is 6. The minimum Gasteiger partial charge on any atom is -0.497 e. The van der Waals surface area contributed by atoms with Gasteiger partial charge >= 0.3 is 0 Å². The van der Waals surface area contributed by atoms with Gasteiger partial charge in [0.05, 0.1) is 13.7 Å². The van der Waals surface area contributed by atoms with Gasteiger partial charge in [0.15, 0.2) is 0 Å². The monoisotopic (exact) mass is 380 g/mol. The molecule has 0 unspecified atom stereocenters. The summed E-state index contributed by atoms with van der Waals surface area (Å²) in [6.07, 6.45) is 4.62. The molecule has 3 heterocycles. The maximum Gasteiger partial charge on any atom is 0.300 e. The smallest absolute Gasteiger partial charge is 0.300 e. The van der Waals surface area contributed by atoms with Crippen LogP contribution in [0.3, 0.4) is 0 Å². The van der Waals surface area contributed by atoms with Crippen LogP contribution in [0.15, 0.2) is 33.6 Å². The second kappa shape index (κ2) is 7.05. The minimum absolute atomic E-state index is 0.0964. The summed E-state index contributed by atoms with van der Waals surface area (Å²) in [7, 11) is 1.67. The molecule has 0 radical (unpaired) electrons. The summed E-state index contributed by atoms with van der Waals surface area (Å²) in [6, 6.07) is 8.11. The molecule has 2 aromatic heterocycles. The van der Waals surface area contributed by atoms with Gasteiger partial charge in [-0.2, -0.15) is 0 Å². The Labute approximate surface area is 162 Å². The summed E-state index contributed by atoms with van der Waals surface area (Å²) in [5.74, 6) is 2.03. The molecule has 0 N–H and O–H groups in total. The predicted octanol–water partition coefficient (Wildman–Crippen LogP) is 3.07. The molecule has 1 aromatic carbocycles. The van der Waals surface area contributed by atoms with Crippen LogP contribution in [0.5, 0.6) is 5.75 Å². The molecule has 1 aliphatic heterocycles. The number of ether oxygens (including phenoxy) is 1. The van der Waals surface area contributed by atoms with E-state index in [0.717, 1.165) is 43.2 Å².